The molecule has 3 rings (SSSR count). The van der Waals surface area contributed by atoms with Crippen LogP contribution in [0.3, 0.4) is 0 Å². The zero-order valence-electron chi connectivity index (χ0n) is 10.8. The molecule has 5 atom stereocenters. The first kappa shape index (κ1) is 11.4. The molecule has 94 valence electrons. The van der Waals surface area contributed by atoms with Crippen LogP contribution in [-0.2, 0) is 9.26 Å². The Morgan fingerprint density at radius 2 is 1.69 bits per heavy atom. The first-order chi connectivity index (χ1) is 7.08. The van der Waals surface area contributed by atoms with Crippen molar-refractivity contribution in [2.45, 2.75) is 62.2 Å². The van der Waals surface area contributed by atoms with Crippen molar-refractivity contribution in [2.24, 2.45) is 0 Å². The zero-order valence-corrected chi connectivity index (χ0v) is 11.8. The molecule has 16 heavy (non-hydrogen) atoms. The molecule has 0 aromatic heterocycles. The van der Waals surface area contributed by atoms with Gasteiger partial charge in [-0.1, -0.05) is 0 Å². The molecule has 0 saturated carbocycles. The van der Waals surface area contributed by atoms with E-state index in [2.05, 4.69) is 27.2 Å². The summed E-state index contributed by atoms with van der Waals surface area (Å²) in [5.74, 6) is 0. The van der Waals surface area contributed by atoms with Crippen molar-refractivity contribution in [1.82, 2.24) is 0 Å². The maximum absolute atomic E-state index is 10.4. The first-order valence-corrected chi connectivity index (χ1v) is 9.17. The van der Waals surface area contributed by atoms with Crippen LogP contribution >= 0.6 is 7.49 Å². The fourth-order valence-corrected chi connectivity index (χ4v) is 8.56. The summed E-state index contributed by atoms with van der Waals surface area (Å²) >= 11 is 0. The predicted molar refractivity (Wildman–Crippen MR) is 66.6 cm³/mol. The quantitative estimate of drug-likeness (QED) is 0.662. The zero-order chi connectivity index (χ0) is 12.0. The Labute approximate surface area is 97.9 Å². The SMILES string of the molecule is CC1(O)C[C@@]2(C)O[C@@](C)(C1)[C@H]1[C@@H]2O[PH]1(C)C. The predicted octanol–water partition coefficient (Wildman–Crippen LogP) is 1.77. The normalized spacial score (nSPS) is 64.6. The van der Waals surface area contributed by atoms with Crippen LogP contribution in [0.4, 0.5) is 0 Å². The van der Waals surface area contributed by atoms with Gasteiger partial charge in [-0.15, -0.1) is 0 Å². The van der Waals surface area contributed by atoms with Crippen LogP contribution in [0.1, 0.15) is 33.6 Å². The van der Waals surface area contributed by atoms with Crippen molar-refractivity contribution in [3.63, 3.8) is 0 Å². The van der Waals surface area contributed by atoms with E-state index in [1.807, 2.05) is 6.92 Å². The molecule has 3 fully saturated rings. The third-order valence-corrected chi connectivity index (χ3v) is 7.94. The monoisotopic (exact) mass is 246 g/mol. The minimum atomic E-state index is -1.58. The van der Waals surface area contributed by atoms with Gasteiger partial charge in [0.05, 0.1) is 0 Å². The van der Waals surface area contributed by atoms with Gasteiger partial charge in [0.1, 0.15) is 0 Å². The topological polar surface area (TPSA) is 38.7 Å². The molecule has 0 spiro atoms. The van der Waals surface area contributed by atoms with Crippen molar-refractivity contribution in [1.29, 1.82) is 0 Å². The number of hydrogen-bond acceptors (Lipinski definition) is 3. The van der Waals surface area contributed by atoms with Gasteiger partial charge in [-0.25, -0.2) is 0 Å². The molecule has 3 heterocycles. The number of rotatable bonds is 0. The Bertz CT molecular complexity index is 350. The van der Waals surface area contributed by atoms with Crippen LogP contribution in [0.5, 0.6) is 0 Å². The van der Waals surface area contributed by atoms with Gasteiger partial charge in [-0.2, -0.15) is 0 Å². The molecule has 1 N–H and O–H groups in total. The van der Waals surface area contributed by atoms with Crippen LogP contribution in [0.15, 0.2) is 0 Å². The van der Waals surface area contributed by atoms with Gasteiger partial charge in [-0.3, -0.25) is 0 Å². The molecular weight excluding hydrogens is 223 g/mol. The Hall–Kier alpha value is 0.310. The molecule has 3 aliphatic heterocycles. The molecule has 0 aromatic carbocycles. The van der Waals surface area contributed by atoms with E-state index in [4.69, 9.17) is 9.26 Å². The van der Waals surface area contributed by atoms with E-state index in [1.165, 1.54) is 0 Å². The van der Waals surface area contributed by atoms with Crippen LogP contribution in [0.25, 0.3) is 0 Å². The standard InChI is InChI=1S/C12H23O3P/c1-10(13)6-11(2)8-9(16(4,5)14-8)12(3,7-10)15-11/h8-9,13,16H,6-7H2,1-5H3/t8-,9+,10?,11+,12-/m0/s1. The average molecular weight is 246 g/mol. The maximum atomic E-state index is 10.4. The van der Waals surface area contributed by atoms with Gasteiger partial charge in [0.2, 0.25) is 0 Å². The third-order valence-electron chi connectivity index (χ3n) is 4.67. The van der Waals surface area contributed by atoms with E-state index in [0.717, 1.165) is 6.42 Å². The molecule has 3 aliphatic rings. The Morgan fingerprint density at radius 3 is 2.25 bits per heavy atom. The second-order valence-corrected chi connectivity index (χ2v) is 11.3. The molecule has 1 unspecified atom stereocenters. The van der Waals surface area contributed by atoms with E-state index >= 15 is 0 Å². The van der Waals surface area contributed by atoms with Crippen molar-refractivity contribution >= 4 is 7.49 Å². The number of aliphatic hydroxyl groups is 1. The minimum absolute atomic E-state index is 0.171. The van der Waals surface area contributed by atoms with E-state index in [-0.39, 0.29) is 17.3 Å². The Kier molecular flexibility index (Phi) is 1.90. The summed E-state index contributed by atoms with van der Waals surface area (Å²) in [6, 6.07) is 0. The number of ether oxygens (including phenoxy) is 1. The number of fused-ring (bicyclic) bond motifs is 5. The van der Waals surface area contributed by atoms with Crippen LogP contribution < -0.4 is 0 Å². The molecule has 3 nitrogen and oxygen atoms in total. The fourth-order valence-electron chi connectivity index (χ4n) is 4.81. The summed E-state index contributed by atoms with van der Waals surface area (Å²) in [6.07, 6.45) is 1.66. The van der Waals surface area contributed by atoms with Crippen molar-refractivity contribution in [3.8, 4) is 0 Å². The van der Waals surface area contributed by atoms with Crippen molar-refractivity contribution in [2.75, 3.05) is 13.3 Å². The molecule has 2 bridgehead atoms. The van der Waals surface area contributed by atoms with E-state index in [0.29, 0.717) is 12.1 Å². The molecule has 0 amide bonds. The molecule has 0 radical (unpaired) electrons. The number of hydrogen-bond donors (Lipinski definition) is 1. The summed E-state index contributed by atoms with van der Waals surface area (Å²) in [5, 5.41) is 10.4. The van der Waals surface area contributed by atoms with Crippen LogP contribution in [-0.4, -0.2) is 47.0 Å². The molecule has 0 aromatic rings. The van der Waals surface area contributed by atoms with E-state index in [9.17, 15) is 5.11 Å². The summed E-state index contributed by atoms with van der Waals surface area (Å²) in [4.78, 5) is 0. The van der Waals surface area contributed by atoms with Crippen LogP contribution in [0.2, 0.25) is 0 Å². The molecule has 3 saturated heterocycles. The first-order valence-electron chi connectivity index (χ1n) is 6.19. The molecule has 4 heteroatoms. The summed E-state index contributed by atoms with van der Waals surface area (Å²) in [7, 11) is -1.58. The summed E-state index contributed by atoms with van der Waals surface area (Å²) < 4.78 is 12.4. The van der Waals surface area contributed by atoms with Crippen molar-refractivity contribution < 1.29 is 14.4 Å². The average Bonchev–Trinajstić information content (AvgIpc) is 2.06. The third kappa shape index (κ3) is 1.23. The summed E-state index contributed by atoms with van der Waals surface area (Å²) in [6.45, 7) is 10.7. The van der Waals surface area contributed by atoms with E-state index in [1.54, 1.807) is 0 Å². The molecular formula is C12H23O3P. The van der Waals surface area contributed by atoms with Gasteiger partial charge in [-0.05, 0) is 0 Å². The fraction of sp³-hybridized carbons (Fsp3) is 1.00. The second kappa shape index (κ2) is 2.66. The van der Waals surface area contributed by atoms with Gasteiger partial charge < -0.3 is 0 Å². The van der Waals surface area contributed by atoms with Crippen molar-refractivity contribution in [3.05, 3.63) is 0 Å². The van der Waals surface area contributed by atoms with Gasteiger partial charge in [0.25, 0.3) is 0 Å². The Balaban J connectivity index is 2.04. The van der Waals surface area contributed by atoms with Gasteiger partial charge in [0.15, 0.2) is 0 Å². The Morgan fingerprint density at radius 1 is 1.12 bits per heavy atom. The van der Waals surface area contributed by atoms with Crippen LogP contribution in [0, 0.1) is 0 Å². The van der Waals surface area contributed by atoms with E-state index < -0.39 is 13.1 Å². The van der Waals surface area contributed by atoms with Gasteiger partial charge in [0, 0.05) is 0 Å². The summed E-state index contributed by atoms with van der Waals surface area (Å²) in [5.41, 5.74) is -0.509. The molecule has 0 aliphatic carbocycles. The second-order valence-electron chi connectivity index (χ2n) is 7.20. The van der Waals surface area contributed by atoms with Gasteiger partial charge >= 0.3 is 97.4 Å².